The summed E-state index contributed by atoms with van der Waals surface area (Å²) >= 11 is 0. The lowest BCUT2D eigenvalue weighted by Gasteiger charge is -2.24. The maximum absolute atomic E-state index is 13.3. The van der Waals surface area contributed by atoms with Gasteiger partial charge in [0.15, 0.2) is 0 Å². The van der Waals surface area contributed by atoms with E-state index in [1.165, 1.54) is 21.6 Å². The van der Waals surface area contributed by atoms with Crippen molar-refractivity contribution in [3.8, 4) is 0 Å². The van der Waals surface area contributed by atoms with E-state index in [4.69, 9.17) is 0 Å². The van der Waals surface area contributed by atoms with Gasteiger partial charge in [0.2, 0.25) is 0 Å². The maximum Gasteiger partial charge on any atom is 0.416 e. The van der Waals surface area contributed by atoms with Crippen LogP contribution < -0.4 is 5.69 Å². The summed E-state index contributed by atoms with van der Waals surface area (Å²) in [5.41, 5.74) is 0.566. The second-order valence-corrected chi connectivity index (χ2v) is 7.04. The van der Waals surface area contributed by atoms with E-state index in [2.05, 4.69) is 4.98 Å². The molecule has 28 heavy (non-hydrogen) atoms. The predicted octanol–water partition coefficient (Wildman–Crippen LogP) is 3.69. The molecule has 0 spiro atoms. The molecule has 4 rings (SSSR count). The lowest BCUT2D eigenvalue weighted by atomic mass is 10.1. The minimum Gasteiger partial charge on any atom is -0.331 e. The third kappa shape index (κ3) is 3.30. The number of aryl methyl sites for hydroxylation is 1. The Labute approximate surface area is 158 Å². The molecular formula is C20H18F3N3O2. The molecular weight excluding hydrogens is 371 g/mol. The van der Waals surface area contributed by atoms with Gasteiger partial charge in [-0.25, -0.2) is 4.79 Å². The molecule has 0 atom stereocenters. The predicted molar refractivity (Wildman–Crippen MR) is 97.9 cm³/mol. The van der Waals surface area contributed by atoms with Crippen LogP contribution in [-0.4, -0.2) is 26.4 Å². The van der Waals surface area contributed by atoms with Gasteiger partial charge in [0.25, 0.3) is 5.91 Å². The van der Waals surface area contributed by atoms with Gasteiger partial charge in [-0.15, -0.1) is 0 Å². The summed E-state index contributed by atoms with van der Waals surface area (Å²) < 4.78 is 41.4. The van der Waals surface area contributed by atoms with Crippen molar-refractivity contribution in [1.82, 2.24) is 14.5 Å². The summed E-state index contributed by atoms with van der Waals surface area (Å²) in [5.74, 6) is -0.342. The van der Waals surface area contributed by atoms with Gasteiger partial charge in [-0.1, -0.05) is 18.2 Å². The van der Waals surface area contributed by atoms with Gasteiger partial charge in [-0.05, 0) is 42.7 Å². The zero-order valence-electron chi connectivity index (χ0n) is 15.1. The van der Waals surface area contributed by atoms with Crippen molar-refractivity contribution in [2.45, 2.75) is 31.6 Å². The Kier molecular flexibility index (Phi) is 4.28. The molecule has 0 unspecified atom stereocenters. The van der Waals surface area contributed by atoms with Crippen molar-refractivity contribution in [2.75, 3.05) is 0 Å². The van der Waals surface area contributed by atoms with Crippen LogP contribution in [0.25, 0.3) is 11.0 Å². The number of aromatic nitrogens is 2. The summed E-state index contributed by atoms with van der Waals surface area (Å²) in [6.07, 6.45) is -2.94. The van der Waals surface area contributed by atoms with Crippen LogP contribution in [0.1, 0.15) is 34.3 Å². The van der Waals surface area contributed by atoms with Gasteiger partial charge in [0.05, 0.1) is 16.6 Å². The Morgan fingerprint density at radius 2 is 1.93 bits per heavy atom. The average molecular weight is 389 g/mol. The van der Waals surface area contributed by atoms with Crippen molar-refractivity contribution >= 4 is 16.9 Å². The SMILES string of the molecule is Cn1c(=O)[nH]c2cc(C(=O)N(Cc3ccccc3C(F)(F)F)C3CC3)ccc21. The van der Waals surface area contributed by atoms with Crippen LogP contribution in [0.15, 0.2) is 47.3 Å². The van der Waals surface area contributed by atoms with Crippen molar-refractivity contribution < 1.29 is 18.0 Å². The van der Waals surface area contributed by atoms with E-state index < -0.39 is 11.7 Å². The number of carbonyl (C=O) groups excluding carboxylic acids is 1. The molecule has 1 fully saturated rings. The number of H-pyrrole nitrogens is 1. The molecule has 1 amide bonds. The van der Waals surface area contributed by atoms with Crippen molar-refractivity contribution in [3.63, 3.8) is 0 Å². The molecule has 1 aliphatic carbocycles. The fourth-order valence-corrected chi connectivity index (χ4v) is 3.41. The number of amides is 1. The number of halogens is 3. The largest absolute Gasteiger partial charge is 0.416 e. The number of carbonyl (C=O) groups is 1. The van der Waals surface area contributed by atoms with Gasteiger partial charge in [0.1, 0.15) is 0 Å². The van der Waals surface area contributed by atoms with E-state index in [1.807, 2.05) is 0 Å². The summed E-state index contributed by atoms with van der Waals surface area (Å²) in [6, 6.07) is 10.1. The average Bonchev–Trinajstić information content (AvgIpc) is 3.45. The zero-order valence-corrected chi connectivity index (χ0v) is 15.1. The Hall–Kier alpha value is -3.03. The zero-order chi connectivity index (χ0) is 20.1. The number of hydrogen-bond acceptors (Lipinski definition) is 2. The lowest BCUT2D eigenvalue weighted by Crippen LogP contribution is -2.33. The van der Waals surface area contributed by atoms with Gasteiger partial charge in [-0.3, -0.25) is 9.36 Å². The van der Waals surface area contributed by atoms with E-state index >= 15 is 0 Å². The lowest BCUT2D eigenvalue weighted by molar-refractivity contribution is -0.138. The summed E-state index contributed by atoms with van der Waals surface area (Å²) in [5, 5.41) is 0. The van der Waals surface area contributed by atoms with Gasteiger partial charge in [0, 0.05) is 25.2 Å². The number of fused-ring (bicyclic) bond motifs is 1. The number of rotatable bonds is 4. The molecule has 2 aromatic carbocycles. The van der Waals surface area contributed by atoms with Crippen molar-refractivity contribution in [1.29, 1.82) is 0 Å². The summed E-state index contributed by atoms with van der Waals surface area (Å²) in [7, 11) is 1.62. The Bertz CT molecular complexity index is 1110. The molecule has 146 valence electrons. The summed E-state index contributed by atoms with van der Waals surface area (Å²) in [6.45, 7) is -0.109. The van der Waals surface area contributed by atoms with E-state index in [0.717, 1.165) is 18.9 Å². The first-order valence-corrected chi connectivity index (χ1v) is 8.90. The van der Waals surface area contributed by atoms with E-state index in [1.54, 1.807) is 31.3 Å². The van der Waals surface area contributed by atoms with Crippen LogP contribution in [-0.2, 0) is 19.8 Å². The van der Waals surface area contributed by atoms with E-state index in [0.29, 0.717) is 16.6 Å². The molecule has 0 bridgehead atoms. The molecule has 3 aromatic rings. The first-order chi connectivity index (χ1) is 13.3. The molecule has 1 aromatic heterocycles. The molecule has 8 heteroatoms. The highest BCUT2D eigenvalue weighted by Gasteiger charge is 2.37. The molecule has 1 saturated carbocycles. The Balaban J connectivity index is 1.68. The minimum atomic E-state index is -4.47. The number of imidazole rings is 1. The quantitative estimate of drug-likeness (QED) is 0.740. The van der Waals surface area contributed by atoms with Crippen molar-refractivity contribution in [2.24, 2.45) is 7.05 Å². The van der Waals surface area contributed by atoms with Gasteiger partial charge >= 0.3 is 11.9 Å². The number of nitrogens with zero attached hydrogens (tertiary/aromatic N) is 2. The fourth-order valence-electron chi connectivity index (χ4n) is 3.41. The number of nitrogens with one attached hydrogen (secondary N) is 1. The summed E-state index contributed by atoms with van der Waals surface area (Å²) in [4.78, 5) is 29.0. The van der Waals surface area contributed by atoms with Crippen molar-refractivity contribution in [3.05, 3.63) is 69.6 Å². The first-order valence-electron chi connectivity index (χ1n) is 8.90. The third-order valence-electron chi connectivity index (χ3n) is 5.06. The third-order valence-corrected chi connectivity index (χ3v) is 5.06. The van der Waals surface area contributed by atoms with Crippen LogP contribution in [0.2, 0.25) is 0 Å². The number of alkyl halides is 3. The number of benzene rings is 2. The second-order valence-electron chi connectivity index (χ2n) is 7.04. The standard InChI is InChI=1S/C20H18F3N3O2/c1-25-17-9-6-12(10-16(17)24-19(25)28)18(27)26(14-7-8-14)11-13-4-2-3-5-15(13)20(21,22)23/h2-6,9-10,14H,7-8,11H2,1H3,(H,24,28). The van der Waals surface area contributed by atoms with Gasteiger partial charge < -0.3 is 9.88 Å². The maximum atomic E-state index is 13.3. The van der Waals surface area contributed by atoms with E-state index in [-0.39, 0.29) is 29.7 Å². The Morgan fingerprint density at radius 3 is 2.61 bits per heavy atom. The molecule has 1 aliphatic rings. The van der Waals surface area contributed by atoms with Crippen LogP contribution in [0.3, 0.4) is 0 Å². The topological polar surface area (TPSA) is 58.1 Å². The highest BCUT2D eigenvalue weighted by molar-refractivity contribution is 5.97. The Morgan fingerprint density at radius 1 is 1.21 bits per heavy atom. The smallest absolute Gasteiger partial charge is 0.331 e. The molecule has 1 N–H and O–H groups in total. The molecule has 1 heterocycles. The molecule has 0 aliphatic heterocycles. The highest BCUT2D eigenvalue weighted by atomic mass is 19.4. The van der Waals surface area contributed by atoms with Crippen LogP contribution in [0.4, 0.5) is 13.2 Å². The number of aromatic amines is 1. The number of hydrogen-bond donors (Lipinski definition) is 1. The monoisotopic (exact) mass is 389 g/mol. The molecule has 0 saturated heterocycles. The van der Waals surface area contributed by atoms with Crippen LogP contribution in [0.5, 0.6) is 0 Å². The van der Waals surface area contributed by atoms with E-state index in [9.17, 15) is 22.8 Å². The minimum absolute atomic E-state index is 0.0701. The second kappa shape index (κ2) is 6.54. The van der Waals surface area contributed by atoms with Gasteiger partial charge in [-0.2, -0.15) is 13.2 Å². The highest BCUT2D eigenvalue weighted by Crippen LogP contribution is 2.35. The first kappa shape index (κ1) is 18.3. The molecule has 5 nitrogen and oxygen atoms in total. The molecule has 0 radical (unpaired) electrons. The fraction of sp³-hybridized carbons (Fsp3) is 0.300. The van der Waals surface area contributed by atoms with Crippen LogP contribution >= 0.6 is 0 Å². The normalized spacial score (nSPS) is 14.4. The van der Waals surface area contributed by atoms with Crippen LogP contribution in [0, 0.1) is 0 Å².